The average molecular weight is 239 g/mol. The third kappa shape index (κ3) is 1.82. The molecule has 0 radical (unpaired) electrons. The molecule has 1 fully saturated rings. The summed E-state index contributed by atoms with van der Waals surface area (Å²) in [6.45, 7) is 2.42. The Morgan fingerprint density at radius 2 is 2.25 bits per heavy atom. The zero-order valence-electron chi connectivity index (χ0n) is 8.97. The minimum atomic E-state index is -0.904. The second-order valence-corrected chi connectivity index (χ2v) is 4.71. The van der Waals surface area contributed by atoms with Gasteiger partial charge in [-0.3, -0.25) is 4.79 Å². The molecule has 86 valence electrons. The number of carboxylic acid groups (broad SMARTS) is 1. The van der Waals surface area contributed by atoms with E-state index in [-0.39, 0.29) is 5.91 Å². The van der Waals surface area contributed by atoms with Gasteiger partial charge >= 0.3 is 5.97 Å². The van der Waals surface area contributed by atoms with E-state index in [9.17, 15) is 9.59 Å². The monoisotopic (exact) mass is 239 g/mol. The number of thiophene rings is 1. The summed E-state index contributed by atoms with van der Waals surface area (Å²) < 4.78 is 0. The quantitative estimate of drug-likeness (QED) is 0.855. The van der Waals surface area contributed by atoms with Gasteiger partial charge in [-0.15, -0.1) is 0 Å². The number of hydrogen-bond donors (Lipinski definition) is 1. The van der Waals surface area contributed by atoms with Crippen molar-refractivity contribution in [3.8, 4) is 0 Å². The van der Waals surface area contributed by atoms with E-state index in [1.165, 1.54) is 16.2 Å². The first-order valence-electron chi connectivity index (χ1n) is 5.18. The maximum absolute atomic E-state index is 12.1. The molecule has 2 rings (SSSR count). The molecule has 16 heavy (non-hydrogen) atoms. The Kier molecular flexibility index (Phi) is 2.96. The van der Waals surface area contributed by atoms with E-state index in [4.69, 9.17) is 5.11 Å². The number of carbonyl (C=O) groups excluding carboxylic acids is 1. The molecule has 0 aliphatic carbocycles. The Balaban J connectivity index is 2.22. The summed E-state index contributed by atoms with van der Waals surface area (Å²) in [4.78, 5) is 24.6. The second-order valence-electron chi connectivity index (χ2n) is 3.96. The molecule has 1 atom stereocenters. The first-order valence-corrected chi connectivity index (χ1v) is 6.12. The molecule has 1 aliphatic rings. The Labute approximate surface area is 97.5 Å². The number of carboxylic acids is 1. The smallest absolute Gasteiger partial charge is 0.326 e. The molecular formula is C11H13NO3S. The first kappa shape index (κ1) is 11.1. The fraction of sp³-hybridized carbons (Fsp3) is 0.455. The molecule has 0 saturated carbocycles. The number of carbonyl (C=O) groups is 2. The fourth-order valence-electron chi connectivity index (χ4n) is 2.00. The number of aliphatic carboxylic acids is 1. The van der Waals surface area contributed by atoms with E-state index in [1.807, 2.05) is 12.3 Å². The van der Waals surface area contributed by atoms with Crippen molar-refractivity contribution in [2.75, 3.05) is 6.54 Å². The lowest BCUT2D eigenvalue weighted by Gasteiger charge is -2.21. The van der Waals surface area contributed by atoms with Crippen LogP contribution in [0.25, 0.3) is 0 Å². The van der Waals surface area contributed by atoms with Crippen LogP contribution in [0.5, 0.6) is 0 Å². The number of likely N-dealkylation sites (tertiary alicyclic amines) is 1. The number of nitrogens with zero attached hydrogens (tertiary/aromatic N) is 1. The van der Waals surface area contributed by atoms with E-state index in [0.29, 0.717) is 18.5 Å². The fourth-order valence-corrected chi connectivity index (χ4v) is 2.82. The normalized spacial score (nSPS) is 20.1. The zero-order valence-corrected chi connectivity index (χ0v) is 9.79. The number of aryl methyl sites for hydroxylation is 1. The summed E-state index contributed by atoms with van der Waals surface area (Å²) in [7, 11) is 0. The van der Waals surface area contributed by atoms with Crippen LogP contribution in [0.15, 0.2) is 10.8 Å². The molecule has 2 heterocycles. The molecular weight excluding hydrogens is 226 g/mol. The van der Waals surface area contributed by atoms with Crippen LogP contribution < -0.4 is 0 Å². The predicted molar refractivity (Wildman–Crippen MR) is 60.8 cm³/mol. The number of hydrogen-bond acceptors (Lipinski definition) is 3. The van der Waals surface area contributed by atoms with Gasteiger partial charge in [-0.1, -0.05) is 0 Å². The van der Waals surface area contributed by atoms with Gasteiger partial charge in [0.05, 0.1) is 5.56 Å². The summed E-state index contributed by atoms with van der Waals surface area (Å²) in [6, 6.07) is -0.646. The summed E-state index contributed by atoms with van der Waals surface area (Å²) in [5, 5.41) is 12.7. The van der Waals surface area contributed by atoms with Crippen LogP contribution in [-0.4, -0.2) is 34.5 Å². The summed E-state index contributed by atoms with van der Waals surface area (Å²) in [6.07, 6.45) is 1.33. The Morgan fingerprint density at radius 3 is 2.81 bits per heavy atom. The van der Waals surface area contributed by atoms with Crippen LogP contribution in [0, 0.1) is 6.92 Å². The maximum Gasteiger partial charge on any atom is 0.326 e. The standard InChI is InChI=1S/C11H13NO3S/c1-7-5-16-6-8(7)10(13)12-4-2-3-9(12)11(14)15/h5-6,9H,2-4H2,1H3,(H,14,15)/t9-/m0/s1. The van der Waals surface area contributed by atoms with Gasteiger partial charge < -0.3 is 10.0 Å². The molecule has 1 aromatic heterocycles. The number of amides is 1. The highest BCUT2D eigenvalue weighted by molar-refractivity contribution is 7.08. The van der Waals surface area contributed by atoms with Crippen molar-refractivity contribution in [2.24, 2.45) is 0 Å². The van der Waals surface area contributed by atoms with Crippen molar-refractivity contribution in [3.05, 3.63) is 21.9 Å². The van der Waals surface area contributed by atoms with Crippen LogP contribution in [0.3, 0.4) is 0 Å². The summed E-state index contributed by atoms with van der Waals surface area (Å²) in [5.74, 6) is -1.05. The van der Waals surface area contributed by atoms with Crippen molar-refractivity contribution < 1.29 is 14.7 Å². The SMILES string of the molecule is Cc1cscc1C(=O)N1CCC[C@H]1C(=O)O. The lowest BCUT2D eigenvalue weighted by atomic mass is 10.1. The Hall–Kier alpha value is -1.36. The van der Waals surface area contributed by atoms with Gasteiger partial charge in [-0.25, -0.2) is 4.79 Å². The predicted octanol–water partition coefficient (Wildman–Crippen LogP) is 1.75. The lowest BCUT2D eigenvalue weighted by Crippen LogP contribution is -2.40. The highest BCUT2D eigenvalue weighted by Gasteiger charge is 2.34. The molecule has 1 amide bonds. The lowest BCUT2D eigenvalue weighted by molar-refractivity contribution is -0.141. The second kappa shape index (κ2) is 4.25. The molecule has 5 heteroatoms. The van der Waals surface area contributed by atoms with Gasteiger partial charge in [0.15, 0.2) is 0 Å². The third-order valence-electron chi connectivity index (χ3n) is 2.88. The van der Waals surface area contributed by atoms with Crippen molar-refractivity contribution in [1.82, 2.24) is 4.90 Å². The number of rotatable bonds is 2. The maximum atomic E-state index is 12.1. The molecule has 1 N–H and O–H groups in total. The molecule has 0 unspecified atom stereocenters. The van der Waals surface area contributed by atoms with E-state index >= 15 is 0 Å². The van der Waals surface area contributed by atoms with Gasteiger partial charge in [-0.2, -0.15) is 11.3 Å². The molecule has 0 spiro atoms. The van der Waals surface area contributed by atoms with Gasteiger partial charge in [0.2, 0.25) is 0 Å². The van der Waals surface area contributed by atoms with Crippen molar-refractivity contribution in [3.63, 3.8) is 0 Å². The minimum Gasteiger partial charge on any atom is -0.480 e. The van der Waals surface area contributed by atoms with Gasteiger partial charge in [-0.05, 0) is 30.7 Å². The molecule has 1 aliphatic heterocycles. The minimum absolute atomic E-state index is 0.149. The summed E-state index contributed by atoms with van der Waals surface area (Å²) in [5.41, 5.74) is 1.56. The van der Waals surface area contributed by atoms with Gasteiger partial charge in [0.1, 0.15) is 6.04 Å². The Morgan fingerprint density at radius 1 is 1.50 bits per heavy atom. The molecule has 4 nitrogen and oxygen atoms in total. The van der Waals surface area contributed by atoms with E-state index < -0.39 is 12.0 Å². The first-order chi connectivity index (χ1) is 7.61. The van der Waals surface area contributed by atoms with Crippen molar-refractivity contribution in [1.29, 1.82) is 0 Å². The average Bonchev–Trinajstić information content (AvgIpc) is 2.84. The Bertz CT molecular complexity index is 427. The largest absolute Gasteiger partial charge is 0.480 e. The van der Waals surface area contributed by atoms with E-state index in [0.717, 1.165) is 12.0 Å². The van der Waals surface area contributed by atoms with Gasteiger partial charge in [0, 0.05) is 11.9 Å². The van der Waals surface area contributed by atoms with Crippen LogP contribution in [0.2, 0.25) is 0 Å². The van der Waals surface area contributed by atoms with Crippen LogP contribution in [0.1, 0.15) is 28.8 Å². The van der Waals surface area contributed by atoms with Crippen LogP contribution in [-0.2, 0) is 4.79 Å². The van der Waals surface area contributed by atoms with Gasteiger partial charge in [0.25, 0.3) is 5.91 Å². The highest BCUT2D eigenvalue weighted by atomic mass is 32.1. The third-order valence-corrected chi connectivity index (χ3v) is 3.75. The topological polar surface area (TPSA) is 57.6 Å². The van der Waals surface area contributed by atoms with Crippen molar-refractivity contribution >= 4 is 23.2 Å². The van der Waals surface area contributed by atoms with Crippen LogP contribution >= 0.6 is 11.3 Å². The van der Waals surface area contributed by atoms with E-state index in [2.05, 4.69) is 0 Å². The van der Waals surface area contributed by atoms with Crippen LogP contribution in [0.4, 0.5) is 0 Å². The molecule has 1 saturated heterocycles. The molecule has 1 aromatic rings. The highest BCUT2D eigenvalue weighted by Crippen LogP contribution is 2.23. The molecule has 0 bridgehead atoms. The summed E-state index contributed by atoms with van der Waals surface area (Å²) >= 11 is 1.47. The van der Waals surface area contributed by atoms with E-state index in [1.54, 1.807) is 5.38 Å². The molecule has 0 aromatic carbocycles. The van der Waals surface area contributed by atoms with Crippen molar-refractivity contribution in [2.45, 2.75) is 25.8 Å². The zero-order chi connectivity index (χ0) is 11.7.